The van der Waals surface area contributed by atoms with Gasteiger partial charge < -0.3 is 29.6 Å². The molecule has 3 N–H and O–H groups in total. The monoisotopic (exact) mass is 605 g/mol. The van der Waals surface area contributed by atoms with Crippen molar-refractivity contribution in [3.8, 4) is 11.5 Å². The standard InChI is InChI=1S/C33H36ClN3O6/c1-3-17-42-32(39)35-20-24(38)15-18-41-25-11-6-22(7-12-25)31-30-27(28-19-23(34)8-13-29(28)36-30)14-16-37(31)33(40)43-26-9-4-21(2)5-10-26/h4-13,19,24,31,36,38H,3,14-18,20H2,1-2H3,(H,35,39). The molecule has 3 aromatic carbocycles. The number of nitrogens with one attached hydrogen (secondary N) is 2. The van der Waals surface area contributed by atoms with Crippen LogP contribution in [-0.4, -0.2) is 59.6 Å². The Morgan fingerprint density at radius 1 is 1.07 bits per heavy atom. The van der Waals surface area contributed by atoms with Crippen LogP contribution in [0.3, 0.4) is 0 Å². The van der Waals surface area contributed by atoms with Crippen LogP contribution < -0.4 is 14.8 Å². The number of alkyl carbamates (subject to hydrolysis) is 1. The minimum Gasteiger partial charge on any atom is -0.493 e. The van der Waals surface area contributed by atoms with Gasteiger partial charge in [0.2, 0.25) is 0 Å². The molecule has 0 fully saturated rings. The van der Waals surface area contributed by atoms with Gasteiger partial charge in [-0.25, -0.2) is 9.59 Å². The van der Waals surface area contributed by atoms with Crippen LogP contribution in [0.1, 0.15) is 48.2 Å². The van der Waals surface area contributed by atoms with Crippen molar-refractivity contribution in [3.63, 3.8) is 0 Å². The van der Waals surface area contributed by atoms with Crippen molar-refractivity contribution in [1.29, 1.82) is 0 Å². The number of aromatic amines is 1. The Labute approximate surface area is 255 Å². The van der Waals surface area contributed by atoms with Crippen LogP contribution in [0.4, 0.5) is 9.59 Å². The Morgan fingerprint density at radius 3 is 2.56 bits per heavy atom. The number of carbonyl (C=O) groups excluding carboxylic acids is 2. The summed E-state index contributed by atoms with van der Waals surface area (Å²) in [6.45, 7) is 5.04. The average molecular weight is 606 g/mol. The molecule has 0 saturated carbocycles. The van der Waals surface area contributed by atoms with Crippen molar-refractivity contribution in [2.24, 2.45) is 0 Å². The first-order valence-electron chi connectivity index (χ1n) is 14.5. The molecule has 226 valence electrons. The van der Waals surface area contributed by atoms with Crippen molar-refractivity contribution >= 4 is 34.7 Å². The molecule has 2 unspecified atom stereocenters. The summed E-state index contributed by atoms with van der Waals surface area (Å²) in [6, 6.07) is 20.3. The SMILES string of the molecule is CCCOC(=O)NCC(O)CCOc1ccc(C2c3[nH]c4ccc(Cl)cc4c3CCN2C(=O)Oc2ccc(C)cc2)cc1. The van der Waals surface area contributed by atoms with Gasteiger partial charge in [0, 0.05) is 41.1 Å². The molecule has 2 atom stereocenters. The van der Waals surface area contributed by atoms with E-state index in [1.807, 2.05) is 68.4 Å². The number of ether oxygens (including phenoxy) is 3. The summed E-state index contributed by atoms with van der Waals surface area (Å²) in [5.74, 6) is 1.11. The number of amides is 2. The van der Waals surface area contributed by atoms with Crippen molar-refractivity contribution < 1.29 is 28.9 Å². The Morgan fingerprint density at radius 2 is 1.81 bits per heavy atom. The molecule has 2 heterocycles. The van der Waals surface area contributed by atoms with E-state index in [-0.39, 0.29) is 13.2 Å². The maximum atomic E-state index is 13.5. The normalized spacial score (nSPS) is 15.1. The molecule has 43 heavy (non-hydrogen) atoms. The van der Waals surface area contributed by atoms with Crippen molar-refractivity contribution in [2.45, 2.75) is 45.3 Å². The summed E-state index contributed by atoms with van der Waals surface area (Å²) in [4.78, 5) is 30.4. The third kappa shape index (κ3) is 7.42. The molecular formula is C33H36ClN3O6. The van der Waals surface area contributed by atoms with Gasteiger partial charge in [0.25, 0.3) is 0 Å². The van der Waals surface area contributed by atoms with Crippen LogP contribution in [0.25, 0.3) is 10.9 Å². The van der Waals surface area contributed by atoms with Crippen LogP contribution in [0.2, 0.25) is 5.02 Å². The molecule has 10 heteroatoms. The highest BCUT2D eigenvalue weighted by atomic mass is 35.5. The van der Waals surface area contributed by atoms with Gasteiger partial charge in [-0.05, 0) is 73.4 Å². The van der Waals surface area contributed by atoms with Crippen molar-refractivity contribution in [1.82, 2.24) is 15.2 Å². The molecule has 0 spiro atoms. The fourth-order valence-corrected chi connectivity index (χ4v) is 5.35. The predicted molar refractivity (Wildman–Crippen MR) is 165 cm³/mol. The first kappa shape index (κ1) is 30.3. The Hall–Kier alpha value is -4.21. The topological polar surface area (TPSA) is 113 Å². The van der Waals surface area contributed by atoms with E-state index < -0.39 is 24.3 Å². The molecule has 1 aliphatic heterocycles. The highest BCUT2D eigenvalue weighted by molar-refractivity contribution is 6.31. The average Bonchev–Trinajstić information content (AvgIpc) is 3.38. The third-order valence-electron chi connectivity index (χ3n) is 7.38. The number of aryl methyl sites for hydroxylation is 1. The second-order valence-electron chi connectivity index (χ2n) is 10.6. The molecule has 0 saturated heterocycles. The zero-order valence-electron chi connectivity index (χ0n) is 24.3. The van der Waals surface area contributed by atoms with Crippen LogP contribution >= 0.6 is 11.6 Å². The lowest BCUT2D eigenvalue weighted by atomic mass is 9.92. The lowest BCUT2D eigenvalue weighted by molar-refractivity contribution is 0.118. The minimum absolute atomic E-state index is 0.0824. The summed E-state index contributed by atoms with van der Waals surface area (Å²) in [5, 5.41) is 14.4. The van der Waals surface area contributed by atoms with Gasteiger partial charge in [0.1, 0.15) is 17.5 Å². The maximum Gasteiger partial charge on any atom is 0.416 e. The molecule has 9 nitrogen and oxygen atoms in total. The van der Waals surface area contributed by atoms with E-state index in [1.165, 1.54) is 0 Å². The number of H-pyrrole nitrogens is 1. The second-order valence-corrected chi connectivity index (χ2v) is 11.0. The molecule has 0 aliphatic carbocycles. The summed E-state index contributed by atoms with van der Waals surface area (Å²) in [6.07, 6.45) is -0.0212. The summed E-state index contributed by atoms with van der Waals surface area (Å²) < 4.78 is 16.6. The van der Waals surface area contributed by atoms with Crippen LogP contribution in [0, 0.1) is 6.92 Å². The summed E-state index contributed by atoms with van der Waals surface area (Å²) >= 11 is 6.33. The minimum atomic E-state index is -0.766. The van der Waals surface area contributed by atoms with Crippen molar-refractivity contribution in [3.05, 3.63) is 94.1 Å². The van der Waals surface area contributed by atoms with Gasteiger partial charge in [-0.15, -0.1) is 0 Å². The predicted octanol–water partition coefficient (Wildman–Crippen LogP) is 6.54. The third-order valence-corrected chi connectivity index (χ3v) is 7.62. The number of hydrogen-bond donors (Lipinski definition) is 3. The highest BCUT2D eigenvalue weighted by Crippen LogP contribution is 2.40. The summed E-state index contributed by atoms with van der Waals surface area (Å²) in [7, 11) is 0. The van der Waals surface area contributed by atoms with Gasteiger partial charge in [-0.2, -0.15) is 0 Å². The van der Waals surface area contributed by atoms with E-state index in [1.54, 1.807) is 17.0 Å². The number of aliphatic hydroxyl groups excluding tert-OH is 1. The smallest absolute Gasteiger partial charge is 0.416 e. The number of fused-ring (bicyclic) bond motifs is 3. The quantitative estimate of drug-likeness (QED) is 0.189. The van der Waals surface area contributed by atoms with E-state index in [4.69, 9.17) is 25.8 Å². The van der Waals surface area contributed by atoms with E-state index in [0.29, 0.717) is 42.5 Å². The zero-order chi connectivity index (χ0) is 30.3. The van der Waals surface area contributed by atoms with Crippen LogP contribution in [-0.2, 0) is 11.2 Å². The fraction of sp³-hybridized carbons (Fsp3) is 0.333. The Kier molecular flexibility index (Phi) is 9.74. The molecule has 0 radical (unpaired) electrons. The first-order valence-corrected chi connectivity index (χ1v) is 14.9. The molecule has 5 rings (SSSR count). The molecule has 2 amide bonds. The zero-order valence-corrected chi connectivity index (χ0v) is 25.0. The Balaban J connectivity index is 1.30. The van der Waals surface area contributed by atoms with Gasteiger partial charge in [-0.1, -0.05) is 48.4 Å². The molecule has 1 aromatic heterocycles. The van der Waals surface area contributed by atoms with E-state index >= 15 is 0 Å². The molecule has 0 bridgehead atoms. The highest BCUT2D eigenvalue weighted by Gasteiger charge is 2.35. The van der Waals surface area contributed by atoms with E-state index in [0.717, 1.165) is 39.7 Å². The largest absolute Gasteiger partial charge is 0.493 e. The first-order chi connectivity index (χ1) is 20.8. The number of nitrogens with zero attached hydrogens (tertiary/aromatic N) is 1. The van der Waals surface area contributed by atoms with Gasteiger partial charge >= 0.3 is 12.2 Å². The number of halogens is 1. The number of carbonyl (C=O) groups is 2. The number of aromatic nitrogens is 1. The molecule has 4 aromatic rings. The fourth-order valence-electron chi connectivity index (χ4n) is 5.18. The van der Waals surface area contributed by atoms with Gasteiger partial charge in [-0.3, -0.25) is 4.90 Å². The lowest BCUT2D eigenvalue weighted by Crippen LogP contribution is -2.42. The number of rotatable bonds is 10. The number of hydrogen-bond acceptors (Lipinski definition) is 6. The maximum absolute atomic E-state index is 13.5. The van der Waals surface area contributed by atoms with Gasteiger partial charge in [0.05, 0.1) is 19.3 Å². The number of aliphatic hydroxyl groups is 1. The van der Waals surface area contributed by atoms with E-state index in [9.17, 15) is 14.7 Å². The number of benzene rings is 3. The van der Waals surface area contributed by atoms with Gasteiger partial charge in [0.15, 0.2) is 0 Å². The van der Waals surface area contributed by atoms with Crippen molar-refractivity contribution in [2.75, 3.05) is 26.3 Å². The van der Waals surface area contributed by atoms with Crippen LogP contribution in [0.15, 0.2) is 66.7 Å². The second kappa shape index (κ2) is 13.8. The Bertz CT molecular complexity index is 1550. The molecule has 1 aliphatic rings. The summed E-state index contributed by atoms with van der Waals surface area (Å²) in [5.41, 5.74) is 4.98. The van der Waals surface area contributed by atoms with Crippen LogP contribution in [0.5, 0.6) is 11.5 Å². The lowest BCUT2D eigenvalue weighted by Gasteiger charge is -2.35. The van der Waals surface area contributed by atoms with E-state index in [2.05, 4.69) is 10.3 Å². The molecular weight excluding hydrogens is 570 g/mol.